The minimum atomic E-state index is -0.396. The summed E-state index contributed by atoms with van der Waals surface area (Å²) in [7, 11) is 0. The third-order valence-corrected chi connectivity index (χ3v) is 4.23. The van der Waals surface area contributed by atoms with Crippen molar-refractivity contribution in [1.82, 2.24) is 15.0 Å². The average Bonchev–Trinajstić information content (AvgIpc) is 3.12. The maximum absolute atomic E-state index is 13.4. The summed E-state index contributed by atoms with van der Waals surface area (Å²) in [5.74, 6) is 0.0643. The van der Waals surface area contributed by atoms with Crippen LogP contribution in [0.2, 0.25) is 0 Å². The highest BCUT2D eigenvalue weighted by Gasteiger charge is 2.13. The van der Waals surface area contributed by atoms with E-state index in [9.17, 15) is 9.18 Å². The fourth-order valence-electron chi connectivity index (χ4n) is 2.86. The second-order valence-corrected chi connectivity index (χ2v) is 6.12. The molecule has 4 aromatic rings. The van der Waals surface area contributed by atoms with E-state index < -0.39 is 5.82 Å². The number of rotatable bonds is 5. The number of nitrogens with one attached hydrogen (secondary N) is 1. The molecule has 1 aromatic heterocycles. The molecule has 1 N–H and O–H groups in total. The normalized spacial score (nSPS) is 10.8. The molecule has 28 heavy (non-hydrogen) atoms. The van der Waals surface area contributed by atoms with Gasteiger partial charge < -0.3 is 10.1 Å². The largest absolute Gasteiger partial charge is 0.455 e. The Morgan fingerprint density at radius 2 is 1.96 bits per heavy atom. The zero-order valence-corrected chi connectivity index (χ0v) is 15.1. The molecule has 0 aliphatic rings. The molecule has 0 spiro atoms. The monoisotopic (exact) mass is 376 g/mol. The number of ether oxygens (including phenoxy) is 1. The molecule has 0 saturated heterocycles. The van der Waals surface area contributed by atoms with Gasteiger partial charge in [-0.15, -0.1) is 5.10 Å². The maximum Gasteiger partial charge on any atom is 0.255 e. The van der Waals surface area contributed by atoms with Crippen LogP contribution in [-0.2, 0) is 6.54 Å². The summed E-state index contributed by atoms with van der Waals surface area (Å²) in [6.45, 7) is 2.68. The van der Waals surface area contributed by atoms with E-state index in [0.29, 0.717) is 34.8 Å². The number of benzene rings is 3. The van der Waals surface area contributed by atoms with Crippen LogP contribution < -0.4 is 10.1 Å². The fourth-order valence-corrected chi connectivity index (χ4v) is 2.86. The van der Waals surface area contributed by atoms with Crippen molar-refractivity contribution >= 4 is 22.6 Å². The van der Waals surface area contributed by atoms with Crippen LogP contribution in [0.1, 0.15) is 17.3 Å². The molecule has 0 radical (unpaired) electrons. The first-order valence-corrected chi connectivity index (χ1v) is 8.81. The Morgan fingerprint density at radius 1 is 1.11 bits per heavy atom. The van der Waals surface area contributed by atoms with Gasteiger partial charge in [-0.05, 0) is 49.4 Å². The molecular formula is C21H17FN4O2. The molecule has 0 aliphatic carbocycles. The summed E-state index contributed by atoms with van der Waals surface area (Å²) < 4.78 is 20.9. The molecule has 3 aromatic carbocycles. The summed E-state index contributed by atoms with van der Waals surface area (Å²) >= 11 is 0. The second kappa shape index (κ2) is 7.48. The number of halogens is 1. The fraction of sp³-hybridized carbons (Fsp3) is 0.0952. The van der Waals surface area contributed by atoms with E-state index in [-0.39, 0.29) is 5.91 Å². The van der Waals surface area contributed by atoms with Crippen LogP contribution >= 0.6 is 0 Å². The summed E-state index contributed by atoms with van der Waals surface area (Å²) in [6.07, 6.45) is 0. The number of carbonyl (C=O) groups excluding carboxylic acids is 1. The SMILES string of the molecule is CCn1nnc2cc(C(=O)Nc3ccccc3Oc3cccc(F)c3)ccc21. The lowest BCUT2D eigenvalue weighted by atomic mass is 10.1. The first-order chi connectivity index (χ1) is 13.6. The van der Waals surface area contributed by atoms with Crippen molar-refractivity contribution in [3.05, 3.63) is 78.1 Å². The third-order valence-electron chi connectivity index (χ3n) is 4.23. The van der Waals surface area contributed by atoms with Gasteiger partial charge in [0.05, 0.1) is 11.2 Å². The lowest BCUT2D eigenvalue weighted by Gasteiger charge is -2.12. The van der Waals surface area contributed by atoms with E-state index in [0.717, 1.165) is 5.52 Å². The number of fused-ring (bicyclic) bond motifs is 1. The smallest absolute Gasteiger partial charge is 0.255 e. The van der Waals surface area contributed by atoms with Gasteiger partial charge in [-0.2, -0.15) is 0 Å². The van der Waals surface area contributed by atoms with Crippen LogP contribution in [0, 0.1) is 5.82 Å². The van der Waals surface area contributed by atoms with Crippen molar-refractivity contribution in [1.29, 1.82) is 0 Å². The van der Waals surface area contributed by atoms with Crippen molar-refractivity contribution in [2.75, 3.05) is 5.32 Å². The van der Waals surface area contributed by atoms with E-state index >= 15 is 0 Å². The van der Waals surface area contributed by atoms with Gasteiger partial charge in [0.15, 0.2) is 5.75 Å². The minimum Gasteiger partial charge on any atom is -0.455 e. The van der Waals surface area contributed by atoms with Crippen molar-refractivity contribution in [3.8, 4) is 11.5 Å². The molecule has 1 heterocycles. The minimum absolute atomic E-state index is 0.303. The highest BCUT2D eigenvalue weighted by Crippen LogP contribution is 2.30. The molecule has 7 heteroatoms. The predicted molar refractivity (Wildman–Crippen MR) is 104 cm³/mol. The number of aromatic nitrogens is 3. The number of carbonyl (C=O) groups is 1. The van der Waals surface area contributed by atoms with E-state index in [1.54, 1.807) is 53.2 Å². The summed E-state index contributed by atoms with van der Waals surface area (Å²) in [4.78, 5) is 12.7. The molecule has 0 fully saturated rings. The van der Waals surface area contributed by atoms with Crippen molar-refractivity contribution in [3.63, 3.8) is 0 Å². The highest BCUT2D eigenvalue weighted by atomic mass is 19.1. The van der Waals surface area contributed by atoms with Crippen LogP contribution in [0.3, 0.4) is 0 Å². The second-order valence-electron chi connectivity index (χ2n) is 6.12. The number of nitrogens with zero attached hydrogens (tertiary/aromatic N) is 3. The Bertz CT molecular complexity index is 1160. The van der Waals surface area contributed by atoms with Crippen molar-refractivity contribution in [2.45, 2.75) is 13.5 Å². The Hall–Kier alpha value is -3.74. The molecule has 0 atom stereocenters. The molecule has 1 amide bonds. The van der Waals surface area contributed by atoms with Crippen LogP contribution in [-0.4, -0.2) is 20.9 Å². The number of hydrogen-bond donors (Lipinski definition) is 1. The topological polar surface area (TPSA) is 69.0 Å². The van der Waals surface area contributed by atoms with Gasteiger partial charge in [0.25, 0.3) is 5.91 Å². The molecule has 0 bridgehead atoms. The Kier molecular flexibility index (Phi) is 4.72. The molecule has 0 aliphatic heterocycles. The third kappa shape index (κ3) is 3.55. The van der Waals surface area contributed by atoms with E-state index in [4.69, 9.17) is 4.74 Å². The molecular weight excluding hydrogens is 359 g/mol. The van der Waals surface area contributed by atoms with Crippen molar-refractivity contribution in [2.24, 2.45) is 0 Å². The van der Waals surface area contributed by atoms with E-state index in [1.165, 1.54) is 12.1 Å². The molecule has 0 unspecified atom stereocenters. The number of anilines is 1. The lowest BCUT2D eigenvalue weighted by Crippen LogP contribution is -2.12. The Balaban J connectivity index is 1.58. The van der Waals surface area contributed by atoms with Crippen LogP contribution in [0.15, 0.2) is 66.7 Å². The maximum atomic E-state index is 13.4. The summed E-state index contributed by atoms with van der Waals surface area (Å²) in [5.41, 5.74) is 2.46. The first kappa shape index (κ1) is 17.7. The predicted octanol–water partition coefficient (Wildman–Crippen LogP) is 4.63. The van der Waals surface area contributed by atoms with Crippen molar-refractivity contribution < 1.29 is 13.9 Å². The molecule has 0 saturated carbocycles. The van der Waals surface area contributed by atoms with Gasteiger partial charge in [-0.1, -0.05) is 23.4 Å². The van der Waals surface area contributed by atoms with Gasteiger partial charge in [0.2, 0.25) is 0 Å². The Labute approximate surface area is 160 Å². The number of hydrogen-bond acceptors (Lipinski definition) is 4. The van der Waals surface area contributed by atoms with Gasteiger partial charge in [-0.3, -0.25) is 4.79 Å². The van der Waals surface area contributed by atoms with Gasteiger partial charge in [0, 0.05) is 18.2 Å². The standard InChI is InChI=1S/C21H17FN4O2/c1-2-26-19-11-10-14(12-18(19)24-25-26)21(27)23-17-8-3-4-9-20(17)28-16-7-5-6-15(22)13-16/h3-13H,2H2,1H3,(H,23,27). The summed E-state index contributed by atoms with van der Waals surface area (Å²) in [6, 6.07) is 18.1. The Morgan fingerprint density at radius 3 is 2.79 bits per heavy atom. The molecule has 140 valence electrons. The zero-order chi connectivity index (χ0) is 19.5. The first-order valence-electron chi connectivity index (χ1n) is 8.81. The van der Waals surface area contributed by atoms with Gasteiger partial charge >= 0.3 is 0 Å². The van der Waals surface area contributed by atoms with E-state index in [1.807, 2.05) is 13.0 Å². The zero-order valence-electron chi connectivity index (χ0n) is 15.1. The molecule has 6 nitrogen and oxygen atoms in total. The van der Waals surface area contributed by atoms with Crippen LogP contribution in [0.4, 0.5) is 10.1 Å². The molecule has 4 rings (SSSR count). The van der Waals surface area contributed by atoms with Gasteiger partial charge in [0.1, 0.15) is 17.1 Å². The van der Waals surface area contributed by atoms with E-state index in [2.05, 4.69) is 15.6 Å². The highest BCUT2D eigenvalue weighted by molar-refractivity contribution is 6.06. The van der Waals surface area contributed by atoms with Gasteiger partial charge in [-0.25, -0.2) is 9.07 Å². The quantitative estimate of drug-likeness (QED) is 0.551. The lowest BCUT2D eigenvalue weighted by molar-refractivity contribution is 0.102. The van der Waals surface area contributed by atoms with Crippen LogP contribution in [0.25, 0.3) is 11.0 Å². The van der Waals surface area contributed by atoms with Crippen LogP contribution in [0.5, 0.6) is 11.5 Å². The average molecular weight is 376 g/mol. The number of para-hydroxylation sites is 2. The summed E-state index contributed by atoms with van der Waals surface area (Å²) in [5, 5.41) is 11.0. The number of aryl methyl sites for hydroxylation is 1. The number of amides is 1.